The fraction of sp³-hybridized carbons (Fsp3) is 0.643. The molecule has 1 unspecified atom stereocenters. The van der Waals surface area contributed by atoms with Crippen molar-refractivity contribution in [2.75, 3.05) is 11.4 Å². The quantitative estimate of drug-likeness (QED) is 0.845. The Balaban J connectivity index is 2.33. The van der Waals surface area contributed by atoms with E-state index >= 15 is 0 Å². The van der Waals surface area contributed by atoms with Crippen molar-refractivity contribution in [2.45, 2.75) is 52.0 Å². The van der Waals surface area contributed by atoms with Crippen LogP contribution in [0.2, 0.25) is 0 Å². The predicted molar refractivity (Wildman–Crippen MR) is 79.0 cm³/mol. The second-order valence-corrected chi connectivity index (χ2v) is 6.14. The lowest BCUT2D eigenvalue weighted by atomic mass is 9.99. The van der Waals surface area contributed by atoms with Crippen LogP contribution < -0.4 is 4.90 Å². The van der Waals surface area contributed by atoms with E-state index in [1.54, 1.807) is 0 Å². The van der Waals surface area contributed by atoms with E-state index in [1.807, 2.05) is 0 Å². The van der Waals surface area contributed by atoms with E-state index in [0.717, 1.165) is 32.2 Å². The summed E-state index contributed by atoms with van der Waals surface area (Å²) in [5.41, 5.74) is -0.0988. The molecule has 0 aromatic carbocycles. The van der Waals surface area contributed by atoms with Crippen LogP contribution in [0.15, 0.2) is 0 Å². The molecule has 6 heteroatoms. The number of Topliss-reactive ketones (excluding diaryl/α,β-unsaturated/α-hetero) is 1. The number of ketones is 1. The van der Waals surface area contributed by atoms with Gasteiger partial charge in [-0.1, -0.05) is 24.7 Å². The zero-order chi connectivity index (χ0) is 14.7. The Bertz CT molecular complexity index is 479. The van der Waals surface area contributed by atoms with E-state index in [0.29, 0.717) is 11.2 Å². The molecule has 2 rings (SSSR count). The maximum atomic E-state index is 11.6. The molecule has 110 valence electrons. The van der Waals surface area contributed by atoms with Gasteiger partial charge in [0.25, 0.3) is 0 Å². The molecule has 0 aliphatic carbocycles. The van der Waals surface area contributed by atoms with Crippen LogP contribution in [0.3, 0.4) is 0 Å². The summed E-state index contributed by atoms with van der Waals surface area (Å²) < 4.78 is 0. The number of carboxylic acid groups (broad SMARTS) is 1. The number of piperidine rings is 1. The van der Waals surface area contributed by atoms with Crippen LogP contribution in [-0.4, -0.2) is 34.4 Å². The van der Waals surface area contributed by atoms with Gasteiger partial charge >= 0.3 is 5.97 Å². The number of hydrogen-bond acceptors (Lipinski definition) is 5. The van der Waals surface area contributed by atoms with Gasteiger partial charge in [0.2, 0.25) is 0 Å². The number of carbonyl (C=O) groups excluding carboxylic acids is 1. The number of nitrogens with zero attached hydrogens (tertiary/aromatic N) is 2. The third-order valence-corrected chi connectivity index (χ3v) is 4.83. The second-order valence-electron chi connectivity index (χ2n) is 5.17. The maximum absolute atomic E-state index is 11.6. The highest BCUT2D eigenvalue weighted by Gasteiger charge is 2.28. The number of thiazole rings is 1. The molecule has 5 nitrogen and oxygen atoms in total. The molecule has 20 heavy (non-hydrogen) atoms. The summed E-state index contributed by atoms with van der Waals surface area (Å²) in [4.78, 5) is 29.4. The molecular weight excluding hydrogens is 276 g/mol. The third kappa shape index (κ3) is 3.00. The van der Waals surface area contributed by atoms with Crippen molar-refractivity contribution in [3.8, 4) is 0 Å². The van der Waals surface area contributed by atoms with E-state index < -0.39 is 5.97 Å². The van der Waals surface area contributed by atoms with Crippen molar-refractivity contribution in [2.24, 2.45) is 0 Å². The zero-order valence-corrected chi connectivity index (χ0v) is 12.7. The summed E-state index contributed by atoms with van der Waals surface area (Å²) in [7, 11) is 0. The van der Waals surface area contributed by atoms with Gasteiger partial charge in [0, 0.05) is 19.5 Å². The Morgan fingerprint density at radius 1 is 1.45 bits per heavy atom. The summed E-state index contributed by atoms with van der Waals surface area (Å²) >= 11 is 1.22. The number of aromatic carboxylic acids is 1. The molecule has 0 saturated carbocycles. The lowest BCUT2D eigenvalue weighted by molar-refractivity contribution is 0.0687. The minimum absolute atomic E-state index is 0.0988. The monoisotopic (exact) mass is 296 g/mol. The van der Waals surface area contributed by atoms with Crippen LogP contribution in [0.5, 0.6) is 0 Å². The van der Waals surface area contributed by atoms with Gasteiger partial charge in [-0.05, 0) is 25.7 Å². The van der Waals surface area contributed by atoms with Gasteiger partial charge in [-0.25, -0.2) is 9.78 Å². The Morgan fingerprint density at radius 2 is 2.20 bits per heavy atom. The molecule has 0 bridgehead atoms. The number of rotatable bonds is 5. The van der Waals surface area contributed by atoms with E-state index in [4.69, 9.17) is 5.11 Å². The van der Waals surface area contributed by atoms with E-state index in [1.165, 1.54) is 24.7 Å². The molecule has 2 heterocycles. The highest BCUT2D eigenvalue weighted by molar-refractivity contribution is 7.17. The molecule has 1 aliphatic rings. The second kappa shape index (κ2) is 6.35. The van der Waals surface area contributed by atoms with Gasteiger partial charge in [-0.3, -0.25) is 4.79 Å². The normalized spacial score (nSPS) is 19.1. The molecule has 1 fully saturated rings. The molecule has 1 aromatic heterocycles. The summed E-state index contributed by atoms with van der Waals surface area (Å²) in [5.74, 6) is -1.35. The molecule has 0 radical (unpaired) electrons. The fourth-order valence-corrected chi connectivity index (χ4v) is 3.75. The van der Waals surface area contributed by atoms with E-state index in [2.05, 4.69) is 16.8 Å². The molecule has 1 saturated heterocycles. The van der Waals surface area contributed by atoms with Crippen molar-refractivity contribution in [1.82, 2.24) is 4.98 Å². The van der Waals surface area contributed by atoms with Crippen LogP contribution in [0.1, 0.15) is 66.1 Å². The van der Waals surface area contributed by atoms with Gasteiger partial charge < -0.3 is 10.0 Å². The van der Waals surface area contributed by atoms with Gasteiger partial charge in [0.1, 0.15) is 4.88 Å². The molecule has 1 aromatic rings. The average Bonchev–Trinajstić information content (AvgIpc) is 2.85. The minimum atomic E-state index is -1.12. The molecule has 1 N–H and O–H groups in total. The van der Waals surface area contributed by atoms with E-state index in [-0.39, 0.29) is 16.4 Å². The maximum Gasteiger partial charge on any atom is 0.356 e. The van der Waals surface area contributed by atoms with Gasteiger partial charge in [-0.2, -0.15) is 0 Å². The SMILES string of the molecule is CCCC1CCCCN1c1nc(C(=O)O)c(C(C)=O)s1. The lowest BCUT2D eigenvalue weighted by Crippen LogP contribution is -2.39. The summed E-state index contributed by atoms with van der Waals surface area (Å²) in [6.07, 6.45) is 5.59. The topological polar surface area (TPSA) is 70.5 Å². The first kappa shape index (κ1) is 15.0. The van der Waals surface area contributed by atoms with Crippen molar-refractivity contribution in [3.63, 3.8) is 0 Å². The first-order chi connectivity index (χ1) is 9.54. The van der Waals surface area contributed by atoms with Crippen molar-refractivity contribution in [1.29, 1.82) is 0 Å². The summed E-state index contributed by atoms with van der Waals surface area (Å²) in [6, 6.07) is 0.418. The predicted octanol–water partition coefficient (Wildman–Crippen LogP) is 3.20. The molecule has 0 amide bonds. The summed E-state index contributed by atoms with van der Waals surface area (Å²) in [5, 5.41) is 9.85. The molecule has 1 aliphatic heterocycles. The highest BCUT2D eigenvalue weighted by Crippen LogP contribution is 2.32. The van der Waals surface area contributed by atoms with Crippen LogP contribution in [0.25, 0.3) is 0 Å². The standard InChI is InChI=1S/C14H20N2O3S/c1-3-6-10-7-4-5-8-16(10)14-15-11(13(18)19)12(20-14)9(2)17/h10H,3-8H2,1-2H3,(H,18,19). The number of carboxylic acids is 1. The van der Waals surface area contributed by atoms with Crippen LogP contribution >= 0.6 is 11.3 Å². The average molecular weight is 296 g/mol. The largest absolute Gasteiger partial charge is 0.476 e. The molecule has 0 spiro atoms. The number of aromatic nitrogens is 1. The Hall–Kier alpha value is -1.43. The number of hydrogen-bond donors (Lipinski definition) is 1. The minimum Gasteiger partial charge on any atom is -0.476 e. The van der Waals surface area contributed by atoms with Crippen LogP contribution in [-0.2, 0) is 0 Å². The van der Waals surface area contributed by atoms with Crippen molar-refractivity contribution >= 4 is 28.2 Å². The van der Waals surface area contributed by atoms with Gasteiger partial charge in [0.15, 0.2) is 16.6 Å². The fourth-order valence-electron chi connectivity index (χ4n) is 2.70. The Kier molecular flexibility index (Phi) is 4.75. The number of anilines is 1. The van der Waals surface area contributed by atoms with Gasteiger partial charge in [-0.15, -0.1) is 0 Å². The molecular formula is C14H20N2O3S. The first-order valence-corrected chi connectivity index (χ1v) is 7.88. The molecule has 1 atom stereocenters. The van der Waals surface area contributed by atoms with Crippen molar-refractivity contribution < 1.29 is 14.7 Å². The third-order valence-electron chi connectivity index (χ3n) is 3.63. The van der Waals surface area contributed by atoms with Crippen LogP contribution in [0, 0.1) is 0 Å². The van der Waals surface area contributed by atoms with Crippen LogP contribution in [0.4, 0.5) is 5.13 Å². The van der Waals surface area contributed by atoms with E-state index in [9.17, 15) is 9.59 Å². The smallest absolute Gasteiger partial charge is 0.356 e. The Labute approximate surface area is 122 Å². The lowest BCUT2D eigenvalue weighted by Gasteiger charge is -2.35. The highest BCUT2D eigenvalue weighted by atomic mass is 32.1. The van der Waals surface area contributed by atoms with Gasteiger partial charge in [0.05, 0.1) is 0 Å². The van der Waals surface area contributed by atoms with Crippen molar-refractivity contribution in [3.05, 3.63) is 10.6 Å². The first-order valence-electron chi connectivity index (χ1n) is 7.06. The number of carbonyl (C=O) groups is 2. The zero-order valence-electron chi connectivity index (χ0n) is 11.9. The summed E-state index contributed by atoms with van der Waals surface area (Å²) in [6.45, 7) is 4.44. The Morgan fingerprint density at radius 3 is 2.75 bits per heavy atom.